The maximum Gasteiger partial charge on any atom is 0.354 e. The molecule has 2 aromatic heterocycles. The van der Waals surface area contributed by atoms with Crippen LogP contribution in [0.25, 0.3) is 0 Å². The highest BCUT2D eigenvalue weighted by molar-refractivity contribution is 5.68. The van der Waals surface area contributed by atoms with E-state index >= 15 is 0 Å². The lowest BCUT2D eigenvalue weighted by Crippen LogP contribution is -2.13. The van der Waals surface area contributed by atoms with Crippen LogP contribution < -0.4 is 16.6 Å². The first-order valence-corrected chi connectivity index (χ1v) is 5.79. The molecular formula is C10H13N7O3. The second kappa shape index (κ2) is 5.93. The Hall–Kier alpha value is -2.75. The molecule has 0 spiro atoms. The minimum atomic E-state index is -0.620. The van der Waals surface area contributed by atoms with E-state index in [1.807, 2.05) is 6.92 Å². The summed E-state index contributed by atoms with van der Waals surface area (Å²) < 4.78 is 5.38. The highest BCUT2D eigenvalue weighted by Gasteiger charge is 2.22. The van der Waals surface area contributed by atoms with Crippen molar-refractivity contribution < 1.29 is 9.34 Å². The summed E-state index contributed by atoms with van der Waals surface area (Å²) in [6.07, 6.45) is 3.50. The molecule has 106 valence electrons. The number of aryl methyl sites for hydroxylation is 1. The van der Waals surface area contributed by atoms with Crippen LogP contribution in [0.3, 0.4) is 0 Å². The van der Waals surface area contributed by atoms with E-state index in [1.165, 1.54) is 0 Å². The molecule has 0 aromatic carbocycles. The number of oxazole rings is 1. The Morgan fingerprint density at radius 1 is 1.40 bits per heavy atom. The van der Waals surface area contributed by atoms with Gasteiger partial charge in [-0.3, -0.25) is 10.1 Å². The van der Waals surface area contributed by atoms with E-state index in [9.17, 15) is 10.1 Å². The minimum absolute atomic E-state index is 0.0363. The van der Waals surface area contributed by atoms with Crippen LogP contribution in [0.2, 0.25) is 0 Å². The summed E-state index contributed by atoms with van der Waals surface area (Å²) >= 11 is 0. The van der Waals surface area contributed by atoms with Crippen LogP contribution in [0, 0.1) is 10.1 Å². The van der Waals surface area contributed by atoms with Crippen molar-refractivity contribution in [3.8, 4) is 0 Å². The highest BCUT2D eigenvalue weighted by atomic mass is 16.6. The quantitative estimate of drug-likeness (QED) is 0.397. The normalized spacial score (nSPS) is 10.3. The van der Waals surface area contributed by atoms with Gasteiger partial charge in [0.05, 0.1) is 17.7 Å². The first-order valence-electron chi connectivity index (χ1n) is 5.79. The number of anilines is 2. The Balaban J connectivity index is 2.18. The molecule has 20 heavy (non-hydrogen) atoms. The Morgan fingerprint density at radius 3 is 2.75 bits per heavy atom. The lowest BCUT2D eigenvalue weighted by molar-refractivity contribution is -0.383. The van der Waals surface area contributed by atoms with E-state index in [2.05, 4.69) is 25.7 Å². The van der Waals surface area contributed by atoms with Crippen molar-refractivity contribution in [1.29, 1.82) is 0 Å². The molecular weight excluding hydrogens is 266 g/mol. The lowest BCUT2D eigenvalue weighted by Gasteiger charge is -2.06. The van der Waals surface area contributed by atoms with Crippen LogP contribution in [-0.4, -0.2) is 19.9 Å². The second-order valence-corrected chi connectivity index (χ2v) is 3.75. The van der Waals surface area contributed by atoms with Crippen LogP contribution in [0.1, 0.15) is 18.6 Å². The Labute approximate surface area is 113 Å². The Bertz CT molecular complexity index is 613. The fourth-order valence-corrected chi connectivity index (χ4v) is 1.54. The molecule has 0 saturated carbocycles. The van der Waals surface area contributed by atoms with Crippen molar-refractivity contribution in [1.82, 2.24) is 15.0 Å². The van der Waals surface area contributed by atoms with Crippen LogP contribution in [0.5, 0.6) is 0 Å². The van der Waals surface area contributed by atoms with Crippen molar-refractivity contribution >= 4 is 17.3 Å². The Kier molecular flexibility index (Phi) is 4.05. The summed E-state index contributed by atoms with van der Waals surface area (Å²) in [4.78, 5) is 21.9. The monoisotopic (exact) mass is 279 g/mol. The third-order valence-electron chi connectivity index (χ3n) is 2.50. The van der Waals surface area contributed by atoms with E-state index in [0.29, 0.717) is 5.89 Å². The van der Waals surface area contributed by atoms with E-state index in [-0.39, 0.29) is 23.9 Å². The van der Waals surface area contributed by atoms with Gasteiger partial charge in [0.25, 0.3) is 0 Å². The van der Waals surface area contributed by atoms with Gasteiger partial charge in [-0.05, 0) is 0 Å². The fraction of sp³-hybridized carbons (Fsp3) is 0.300. The number of hydrogen-bond donors (Lipinski definition) is 3. The predicted molar refractivity (Wildman–Crippen MR) is 69.7 cm³/mol. The highest BCUT2D eigenvalue weighted by Crippen LogP contribution is 2.28. The standard InChI is InChI=1S/C10H13N7O3/c1-2-6-3-12-7(20-6)4-13-9-8(17(18)19)10(16-11)15-5-14-9/h3,5H,2,4,11H2,1H3,(H2,13,14,15,16). The van der Waals surface area contributed by atoms with Gasteiger partial charge in [0, 0.05) is 6.42 Å². The molecule has 0 fully saturated rings. The fourth-order valence-electron chi connectivity index (χ4n) is 1.54. The molecule has 2 rings (SSSR count). The van der Waals surface area contributed by atoms with Crippen LogP contribution >= 0.6 is 0 Å². The zero-order valence-electron chi connectivity index (χ0n) is 10.7. The zero-order valence-corrected chi connectivity index (χ0v) is 10.7. The molecule has 2 aromatic rings. The molecule has 0 atom stereocenters. The average molecular weight is 279 g/mol. The molecule has 0 radical (unpaired) electrons. The van der Waals surface area contributed by atoms with Crippen molar-refractivity contribution in [2.45, 2.75) is 19.9 Å². The molecule has 0 unspecified atom stereocenters. The van der Waals surface area contributed by atoms with Crippen molar-refractivity contribution in [3.05, 3.63) is 34.3 Å². The number of hydrazine groups is 1. The summed E-state index contributed by atoms with van der Waals surface area (Å²) in [6, 6.07) is 0. The van der Waals surface area contributed by atoms with Gasteiger partial charge < -0.3 is 15.2 Å². The van der Waals surface area contributed by atoms with Gasteiger partial charge in [-0.2, -0.15) is 0 Å². The van der Waals surface area contributed by atoms with Crippen LogP contribution in [0.4, 0.5) is 17.3 Å². The van der Waals surface area contributed by atoms with E-state index < -0.39 is 4.92 Å². The van der Waals surface area contributed by atoms with Crippen molar-refractivity contribution in [2.24, 2.45) is 5.84 Å². The number of nitrogen functional groups attached to an aromatic ring is 1. The number of nitrogens with zero attached hydrogens (tertiary/aromatic N) is 4. The van der Waals surface area contributed by atoms with Gasteiger partial charge in [-0.1, -0.05) is 6.92 Å². The minimum Gasteiger partial charge on any atom is -0.444 e. The maximum atomic E-state index is 11.0. The summed E-state index contributed by atoms with van der Waals surface area (Å²) in [6.45, 7) is 2.11. The number of nitro groups is 1. The first-order chi connectivity index (χ1) is 9.65. The molecule has 0 aliphatic rings. The molecule has 0 amide bonds. The summed E-state index contributed by atoms with van der Waals surface area (Å²) in [5.41, 5.74) is 1.82. The molecule has 10 nitrogen and oxygen atoms in total. The van der Waals surface area contributed by atoms with E-state index in [0.717, 1.165) is 18.5 Å². The summed E-state index contributed by atoms with van der Waals surface area (Å²) in [7, 11) is 0. The van der Waals surface area contributed by atoms with E-state index in [4.69, 9.17) is 10.3 Å². The molecule has 2 heterocycles. The largest absolute Gasteiger partial charge is 0.444 e. The molecule has 0 bridgehead atoms. The third-order valence-corrected chi connectivity index (χ3v) is 2.50. The average Bonchev–Trinajstić information content (AvgIpc) is 2.92. The second-order valence-electron chi connectivity index (χ2n) is 3.75. The number of rotatable bonds is 6. The summed E-state index contributed by atoms with van der Waals surface area (Å²) in [5.74, 6) is 6.30. The van der Waals surface area contributed by atoms with Crippen LogP contribution in [0.15, 0.2) is 16.9 Å². The van der Waals surface area contributed by atoms with Gasteiger partial charge in [-0.25, -0.2) is 20.8 Å². The van der Waals surface area contributed by atoms with Gasteiger partial charge in [0.2, 0.25) is 17.5 Å². The molecule has 0 aliphatic carbocycles. The summed E-state index contributed by atoms with van der Waals surface area (Å²) in [5, 5.41) is 13.8. The smallest absolute Gasteiger partial charge is 0.354 e. The maximum absolute atomic E-state index is 11.0. The third kappa shape index (κ3) is 2.80. The number of hydrogen-bond acceptors (Lipinski definition) is 9. The molecule has 10 heteroatoms. The van der Waals surface area contributed by atoms with Crippen molar-refractivity contribution in [3.63, 3.8) is 0 Å². The number of nitrogens with one attached hydrogen (secondary N) is 2. The molecule has 4 N–H and O–H groups in total. The lowest BCUT2D eigenvalue weighted by atomic mass is 10.4. The SMILES string of the molecule is CCc1cnc(CNc2ncnc(NN)c2[N+](=O)[O-])o1. The zero-order chi connectivity index (χ0) is 14.5. The predicted octanol–water partition coefficient (Wildman–Crippen LogP) is 0.833. The topological polar surface area (TPSA) is 145 Å². The number of nitrogens with two attached hydrogens (primary N) is 1. The first kappa shape index (κ1) is 13.7. The van der Waals surface area contributed by atoms with Gasteiger partial charge >= 0.3 is 5.69 Å². The van der Waals surface area contributed by atoms with Crippen LogP contribution in [-0.2, 0) is 13.0 Å². The van der Waals surface area contributed by atoms with Gasteiger partial charge in [0.15, 0.2) is 0 Å². The van der Waals surface area contributed by atoms with Crippen molar-refractivity contribution in [2.75, 3.05) is 10.7 Å². The molecule has 0 aliphatic heterocycles. The van der Waals surface area contributed by atoms with E-state index in [1.54, 1.807) is 6.20 Å². The van der Waals surface area contributed by atoms with Gasteiger partial charge in [0.1, 0.15) is 12.1 Å². The van der Waals surface area contributed by atoms with Gasteiger partial charge in [-0.15, -0.1) is 0 Å². The Morgan fingerprint density at radius 2 is 2.15 bits per heavy atom. The number of aromatic nitrogens is 3. The molecule has 0 saturated heterocycles.